The maximum atomic E-state index is 2.56. The van der Waals surface area contributed by atoms with E-state index in [1.807, 2.05) is 0 Å². The van der Waals surface area contributed by atoms with Crippen LogP contribution in [-0.2, 0) is 0 Å². The number of hydrogen-bond acceptors (Lipinski definition) is 2. The van der Waals surface area contributed by atoms with E-state index >= 15 is 0 Å². The van der Waals surface area contributed by atoms with Gasteiger partial charge < -0.3 is 0 Å². The van der Waals surface area contributed by atoms with Gasteiger partial charge in [-0.3, -0.25) is 0 Å². The summed E-state index contributed by atoms with van der Waals surface area (Å²) < 4.78 is 0. The molecule has 164 valence electrons. The Bertz CT molecular complexity index is 1020. The van der Waals surface area contributed by atoms with Crippen molar-refractivity contribution in [3.63, 3.8) is 0 Å². The van der Waals surface area contributed by atoms with E-state index in [1.54, 1.807) is 5.19 Å². The van der Waals surface area contributed by atoms with Crippen molar-refractivity contribution in [3.05, 3.63) is 86.5 Å². The first-order chi connectivity index (χ1) is 14.4. The van der Waals surface area contributed by atoms with Crippen LogP contribution in [0, 0.1) is 62.3 Å². The fourth-order valence-electron chi connectivity index (χ4n) is 5.06. The zero-order valence-electron chi connectivity index (χ0n) is 20.8. The van der Waals surface area contributed by atoms with Crippen molar-refractivity contribution >= 4 is 34.0 Å². The number of benzene rings is 3. The first-order valence-electron chi connectivity index (χ1n) is 11.0. The molecule has 0 aliphatic carbocycles. The van der Waals surface area contributed by atoms with E-state index in [1.165, 1.54) is 59.9 Å². The second-order valence-electron chi connectivity index (χ2n) is 9.38. The van der Waals surface area contributed by atoms with Crippen LogP contribution in [0.1, 0.15) is 50.1 Å². The van der Waals surface area contributed by atoms with Crippen molar-refractivity contribution in [1.29, 1.82) is 0 Å². The third kappa shape index (κ3) is 5.15. The molecule has 3 aromatic carbocycles. The van der Waals surface area contributed by atoms with Gasteiger partial charge in [-0.05, 0) is 107 Å². The van der Waals surface area contributed by atoms with Crippen LogP contribution in [0.3, 0.4) is 0 Å². The molecule has 0 fully saturated rings. The molecule has 0 spiro atoms. The van der Waals surface area contributed by atoms with Crippen molar-refractivity contribution < 1.29 is 0 Å². The van der Waals surface area contributed by atoms with Gasteiger partial charge in [0.25, 0.3) is 0 Å². The highest BCUT2D eigenvalue weighted by molar-refractivity contribution is 8.59. The van der Waals surface area contributed by atoms with Gasteiger partial charge in [-0.15, -0.1) is 22.4 Å². The Balaban J connectivity index is 2.23. The van der Waals surface area contributed by atoms with Gasteiger partial charge in [0.1, 0.15) is 0 Å². The van der Waals surface area contributed by atoms with Crippen molar-refractivity contribution in [2.45, 2.75) is 78.7 Å². The molecule has 0 nitrogen and oxygen atoms in total. The maximum absolute atomic E-state index is 2.56. The molecule has 0 aliphatic heterocycles. The highest BCUT2D eigenvalue weighted by atomic mass is 32.6. The van der Waals surface area contributed by atoms with E-state index < -0.39 is 6.37 Å². The van der Waals surface area contributed by atoms with E-state index in [0.717, 1.165) is 0 Å². The highest BCUT2D eigenvalue weighted by Crippen LogP contribution is 2.46. The normalized spacial score (nSPS) is 11.8. The zero-order chi connectivity index (χ0) is 23.1. The average Bonchev–Trinajstić information content (AvgIpc) is 2.60. The second kappa shape index (κ2) is 9.21. The van der Waals surface area contributed by atoms with Crippen LogP contribution in [0.5, 0.6) is 0 Å². The predicted molar refractivity (Wildman–Crippen MR) is 145 cm³/mol. The fourth-order valence-corrected chi connectivity index (χ4v) is 17.4. The Hall–Kier alpha value is -1.42. The molecule has 0 amide bonds. The second-order valence-corrected chi connectivity index (χ2v) is 19.9. The summed E-state index contributed by atoms with van der Waals surface area (Å²) in [6.45, 7) is 22.9. The third-order valence-electron chi connectivity index (χ3n) is 5.93. The van der Waals surface area contributed by atoms with Crippen molar-refractivity contribution in [3.8, 4) is 0 Å². The van der Waals surface area contributed by atoms with Crippen molar-refractivity contribution in [2.24, 2.45) is 0 Å². The van der Waals surface area contributed by atoms with Gasteiger partial charge >= 0.3 is 0 Å². The lowest BCUT2D eigenvalue weighted by Gasteiger charge is -2.32. The lowest BCUT2D eigenvalue weighted by Crippen LogP contribution is -2.42. The average molecular weight is 465 g/mol. The first-order valence-corrected chi connectivity index (χ1v) is 16.6. The molecule has 31 heavy (non-hydrogen) atoms. The van der Waals surface area contributed by atoms with Gasteiger partial charge in [0.05, 0.1) is 0 Å². The lowest BCUT2D eigenvalue weighted by molar-refractivity contribution is 1.19. The van der Waals surface area contributed by atoms with E-state index in [2.05, 4.69) is 128 Å². The lowest BCUT2D eigenvalue weighted by atomic mass is 10.1. The Morgan fingerprint density at radius 3 is 1.00 bits per heavy atom. The maximum Gasteiger partial charge on any atom is 0.215 e. The zero-order valence-corrected chi connectivity index (χ0v) is 23.4. The Kier molecular flexibility index (Phi) is 7.20. The highest BCUT2D eigenvalue weighted by Gasteiger charge is 2.37. The van der Waals surface area contributed by atoms with Crippen molar-refractivity contribution in [1.82, 2.24) is 0 Å². The number of aryl methyl sites for hydroxylation is 9. The minimum Gasteiger partial charge on any atom is -0.132 e. The topological polar surface area (TPSA) is 0 Å². The summed E-state index contributed by atoms with van der Waals surface area (Å²) in [5.41, 5.74) is 12.6. The van der Waals surface area contributed by atoms with E-state index in [-0.39, 0.29) is 0 Å². The number of rotatable bonds is 5. The molecule has 3 heteroatoms. The van der Waals surface area contributed by atoms with Crippen LogP contribution in [0.4, 0.5) is 0 Å². The molecule has 0 saturated heterocycles. The molecule has 0 saturated carbocycles. The van der Waals surface area contributed by atoms with Gasteiger partial charge in [0, 0.05) is 9.79 Å². The summed E-state index contributed by atoms with van der Waals surface area (Å²) >= 11 is 4.32. The quantitative estimate of drug-likeness (QED) is 0.348. The molecular weight excluding hydrogens is 429 g/mol. The Morgan fingerprint density at radius 1 is 0.452 bits per heavy atom. The van der Waals surface area contributed by atoms with Crippen LogP contribution in [0.25, 0.3) is 0 Å². The van der Waals surface area contributed by atoms with Crippen molar-refractivity contribution in [2.75, 3.05) is 0 Å². The molecule has 0 N–H and O–H groups in total. The summed E-state index contributed by atoms with van der Waals surface area (Å²) in [6.07, 6.45) is -2.05. The summed E-state index contributed by atoms with van der Waals surface area (Å²) in [4.78, 5) is 2.93. The SMILES string of the molecule is Cc1cc(C)c(S[Si](C)(Sc2c(C)cc(C)cc2C)c2c(C)cc(C)cc2C)c(C)c1. The van der Waals surface area contributed by atoms with Gasteiger partial charge in [0.15, 0.2) is 0 Å². The van der Waals surface area contributed by atoms with Gasteiger partial charge in [-0.1, -0.05) is 53.1 Å². The fraction of sp³-hybridized carbons (Fsp3) is 0.357. The van der Waals surface area contributed by atoms with Gasteiger partial charge in [0.2, 0.25) is 6.37 Å². The molecule has 0 aromatic heterocycles. The third-order valence-corrected chi connectivity index (χ3v) is 16.4. The predicted octanol–water partition coefficient (Wildman–Crippen LogP) is 8.33. The Morgan fingerprint density at radius 2 is 0.710 bits per heavy atom. The van der Waals surface area contributed by atoms with Gasteiger partial charge in [-0.25, -0.2) is 0 Å². The van der Waals surface area contributed by atoms with E-state index in [9.17, 15) is 0 Å². The molecule has 0 bridgehead atoms. The molecule has 0 heterocycles. The molecule has 3 rings (SSSR count). The van der Waals surface area contributed by atoms with Gasteiger partial charge in [-0.2, -0.15) is 0 Å². The first kappa shape index (κ1) is 24.2. The van der Waals surface area contributed by atoms with E-state index in [0.29, 0.717) is 0 Å². The molecule has 3 aromatic rings. The molecule has 0 unspecified atom stereocenters. The summed E-state index contributed by atoms with van der Waals surface area (Å²) in [7, 11) is 0. The minimum atomic E-state index is -2.05. The van der Waals surface area contributed by atoms with Crippen LogP contribution < -0.4 is 5.19 Å². The monoisotopic (exact) mass is 464 g/mol. The van der Waals surface area contributed by atoms with Crippen LogP contribution in [-0.4, -0.2) is 6.37 Å². The summed E-state index contributed by atoms with van der Waals surface area (Å²) in [5, 5.41) is 1.59. The molecule has 0 atom stereocenters. The molecule has 0 radical (unpaired) electrons. The largest absolute Gasteiger partial charge is 0.215 e. The van der Waals surface area contributed by atoms with Crippen LogP contribution >= 0.6 is 22.4 Å². The standard InChI is InChI=1S/C28H36S2Si/c1-17-11-20(4)26(21(5)12-17)29-31(10,28-24(8)15-19(3)16-25(28)9)30-27-22(6)13-18(2)14-23(27)7/h11-16H,1-10H3. The molecule has 0 aliphatic rings. The smallest absolute Gasteiger partial charge is 0.132 e. The van der Waals surface area contributed by atoms with Crippen LogP contribution in [0.15, 0.2) is 46.2 Å². The Labute approximate surface area is 198 Å². The summed E-state index contributed by atoms with van der Waals surface area (Å²) in [6, 6.07) is 14.1. The summed E-state index contributed by atoms with van der Waals surface area (Å²) in [5.74, 6) is 0. The number of hydrogen-bond donors (Lipinski definition) is 0. The van der Waals surface area contributed by atoms with E-state index in [4.69, 9.17) is 0 Å². The van der Waals surface area contributed by atoms with Crippen LogP contribution in [0.2, 0.25) is 6.55 Å². The molecular formula is C28H36S2Si. The minimum absolute atomic E-state index is 1.35.